The van der Waals surface area contributed by atoms with Crippen molar-refractivity contribution in [2.45, 2.75) is 32.1 Å². The fraction of sp³-hybridized carbons (Fsp3) is 0.280. The number of rotatable bonds is 4. The first-order valence-electron chi connectivity index (χ1n) is 10.5. The number of carbonyl (C=O) groups is 1. The molecule has 1 fully saturated rings. The Hall–Kier alpha value is -3.34. The van der Waals surface area contributed by atoms with Gasteiger partial charge in [0.15, 0.2) is 0 Å². The van der Waals surface area contributed by atoms with Gasteiger partial charge in [0, 0.05) is 25.0 Å². The van der Waals surface area contributed by atoms with Gasteiger partial charge in [0.1, 0.15) is 5.82 Å². The molecule has 1 saturated heterocycles. The lowest BCUT2D eigenvalue weighted by atomic mass is 9.86. The molecule has 30 heavy (non-hydrogen) atoms. The van der Waals surface area contributed by atoms with Crippen molar-refractivity contribution in [2.75, 3.05) is 24.6 Å². The molecule has 0 aliphatic carbocycles. The van der Waals surface area contributed by atoms with Crippen LogP contribution in [0.15, 0.2) is 60.8 Å². The largest absolute Gasteiger partial charge is 0.399 e. The van der Waals surface area contributed by atoms with E-state index in [-0.39, 0.29) is 5.91 Å². The maximum atomic E-state index is 13.2. The first-order chi connectivity index (χ1) is 14.5. The van der Waals surface area contributed by atoms with E-state index in [0.29, 0.717) is 30.4 Å². The number of aromatic nitrogens is 1. The van der Waals surface area contributed by atoms with Gasteiger partial charge < -0.3 is 16.4 Å². The molecule has 2 heterocycles. The highest BCUT2D eigenvalue weighted by atomic mass is 16.2. The molecule has 1 aromatic heterocycles. The molecule has 0 unspecified atom stereocenters. The zero-order chi connectivity index (χ0) is 21.1. The predicted molar refractivity (Wildman–Crippen MR) is 121 cm³/mol. The van der Waals surface area contributed by atoms with Crippen molar-refractivity contribution in [3.8, 4) is 0 Å². The Morgan fingerprint density at radius 3 is 2.50 bits per heavy atom. The number of anilines is 2. The van der Waals surface area contributed by atoms with E-state index >= 15 is 0 Å². The van der Waals surface area contributed by atoms with Crippen LogP contribution in [0.25, 0.3) is 0 Å². The molecule has 0 radical (unpaired) electrons. The van der Waals surface area contributed by atoms with Gasteiger partial charge in [-0.05, 0) is 66.5 Å². The second-order valence-corrected chi connectivity index (χ2v) is 8.07. The summed E-state index contributed by atoms with van der Waals surface area (Å²) in [6.45, 7) is 3.49. The minimum Gasteiger partial charge on any atom is -0.399 e. The van der Waals surface area contributed by atoms with Crippen molar-refractivity contribution >= 4 is 17.4 Å². The van der Waals surface area contributed by atoms with E-state index in [1.54, 1.807) is 6.20 Å². The maximum Gasteiger partial charge on any atom is 0.257 e. The maximum absolute atomic E-state index is 13.2. The van der Waals surface area contributed by atoms with Gasteiger partial charge in [0.2, 0.25) is 0 Å². The quantitative estimate of drug-likeness (QED) is 0.644. The van der Waals surface area contributed by atoms with Crippen LogP contribution in [0, 0.1) is 6.92 Å². The Morgan fingerprint density at radius 2 is 1.77 bits per heavy atom. The first-order valence-corrected chi connectivity index (χ1v) is 10.5. The van der Waals surface area contributed by atoms with Gasteiger partial charge in [-0.25, -0.2) is 4.98 Å². The van der Waals surface area contributed by atoms with Crippen LogP contribution < -0.4 is 11.5 Å². The minimum atomic E-state index is -0.0299. The van der Waals surface area contributed by atoms with Gasteiger partial charge in [-0.15, -0.1) is 0 Å². The summed E-state index contributed by atoms with van der Waals surface area (Å²) in [7, 11) is 0. The molecular weight excluding hydrogens is 372 g/mol. The molecule has 5 heteroatoms. The third kappa shape index (κ3) is 4.15. The minimum absolute atomic E-state index is 0.0299. The average Bonchev–Trinajstić information content (AvgIpc) is 2.77. The molecule has 2 aromatic carbocycles. The predicted octanol–water partition coefficient (Wildman–Crippen LogP) is 4.17. The van der Waals surface area contributed by atoms with Gasteiger partial charge in [-0.1, -0.05) is 42.5 Å². The van der Waals surface area contributed by atoms with Crippen molar-refractivity contribution in [2.24, 2.45) is 0 Å². The van der Waals surface area contributed by atoms with Gasteiger partial charge in [0.05, 0.1) is 5.56 Å². The molecule has 154 valence electrons. The molecule has 3 aromatic rings. The molecular formula is C25H28N4O. The van der Waals surface area contributed by atoms with E-state index in [9.17, 15) is 4.79 Å². The Morgan fingerprint density at radius 1 is 1.03 bits per heavy atom. The van der Waals surface area contributed by atoms with Crippen molar-refractivity contribution in [3.63, 3.8) is 0 Å². The summed E-state index contributed by atoms with van der Waals surface area (Å²) in [4.78, 5) is 19.4. The molecule has 0 saturated carbocycles. The zero-order valence-electron chi connectivity index (χ0n) is 17.3. The molecule has 0 bridgehead atoms. The highest BCUT2D eigenvalue weighted by molar-refractivity contribution is 5.98. The number of piperidine rings is 1. The number of carbonyl (C=O) groups excluding carboxylic acids is 1. The van der Waals surface area contributed by atoms with E-state index in [2.05, 4.69) is 30.1 Å². The van der Waals surface area contributed by atoms with Crippen LogP contribution in [0.4, 0.5) is 11.5 Å². The number of benzene rings is 2. The summed E-state index contributed by atoms with van der Waals surface area (Å²) < 4.78 is 0. The molecule has 1 aliphatic rings. The smallest absolute Gasteiger partial charge is 0.257 e. The zero-order valence-corrected chi connectivity index (χ0v) is 17.3. The van der Waals surface area contributed by atoms with Crippen LogP contribution >= 0.6 is 0 Å². The fourth-order valence-electron chi connectivity index (χ4n) is 4.30. The Kier molecular flexibility index (Phi) is 5.70. The third-order valence-corrected chi connectivity index (χ3v) is 6.10. The number of hydrogen-bond acceptors (Lipinski definition) is 4. The monoisotopic (exact) mass is 400 g/mol. The summed E-state index contributed by atoms with van der Waals surface area (Å²) in [5.41, 5.74) is 18.1. The van der Waals surface area contributed by atoms with Gasteiger partial charge in [-0.3, -0.25) is 4.79 Å². The number of pyridine rings is 1. The Labute approximate surface area is 177 Å². The molecule has 4 N–H and O–H groups in total. The second-order valence-electron chi connectivity index (χ2n) is 8.07. The van der Waals surface area contributed by atoms with Crippen molar-refractivity contribution in [3.05, 3.63) is 88.6 Å². The van der Waals surface area contributed by atoms with Gasteiger partial charge in [0.25, 0.3) is 5.91 Å². The molecule has 5 nitrogen and oxygen atoms in total. The molecule has 0 spiro atoms. The number of likely N-dealkylation sites (tertiary alicyclic amines) is 1. The Bertz CT molecular complexity index is 1040. The van der Waals surface area contributed by atoms with E-state index in [4.69, 9.17) is 11.5 Å². The van der Waals surface area contributed by atoms with Crippen molar-refractivity contribution in [1.82, 2.24) is 9.88 Å². The van der Waals surface area contributed by atoms with Gasteiger partial charge >= 0.3 is 0 Å². The van der Waals surface area contributed by atoms with Crippen molar-refractivity contribution in [1.29, 1.82) is 0 Å². The number of nitrogens with zero attached hydrogens (tertiary/aromatic N) is 2. The summed E-state index contributed by atoms with van der Waals surface area (Å²) in [6, 6.07) is 18.2. The SMILES string of the molecule is Cc1c(N)cccc1C1CCN(C(=O)c2cc(Cc3ccccc3)cnc2N)CC1. The van der Waals surface area contributed by atoms with Crippen LogP contribution in [0.1, 0.15) is 51.4 Å². The number of nitrogens with two attached hydrogens (primary N) is 2. The van der Waals surface area contributed by atoms with Crippen LogP contribution in [-0.2, 0) is 6.42 Å². The van der Waals surface area contributed by atoms with Crippen molar-refractivity contribution < 1.29 is 4.79 Å². The number of nitrogen functional groups attached to an aromatic ring is 2. The Balaban J connectivity index is 1.46. The standard InChI is InChI=1S/C25H28N4O/c1-17-21(8-5-9-23(17)26)20-10-12-29(13-11-20)25(30)22-15-19(16-28-24(22)27)14-18-6-3-2-4-7-18/h2-9,15-16,20H,10-14,26H2,1H3,(H2,27,28). The van der Waals surface area contributed by atoms with E-state index in [0.717, 1.165) is 36.1 Å². The molecule has 1 aliphatic heterocycles. The fourth-order valence-corrected chi connectivity index (χ4v) is 4.30. The number of amides is 1. The summed E-state index contributed by atoms with van der Waals surface area (Å²) in [6.07, 6.45) is 4.33. The van der Waals surface area contributed by atoms with Gasteiger partial charge in [-0.2, -0.15) is 0 Å². The second kappa shape index (κ2) is 8.57. The molecule has 1 amide bonds. The van der Waals surface area contributed by atoms with E-state index < -0.39 is 0 Å². The van der Waals surface area contributed by atoms with E-state index in [1.807, 2.05) is 41.3 Å². The van der Waals surface area contributed by atoms with Crippen LogP contribution in [0.5, 0.6) is 0 Å². The highest BCUT2D eigenvalue weighted by Gasteiger charge is 2.27. The van der Waals surface area contributed by atoms with Crippen LogP contribution in [0.2, 0.25) is 0 Å². The summed E-state index contributed by atoms with van der Waals surface area (Å²) in [5, 5.41) is 0. The first kappa shape index (κ1) is 20.0. The van der Waals surface area contributed by atoms with Crippen LogP contribution in [-0.4, -0.2) is 28.9 Å². The average molecular weight is 401 g/mol. The lowest BCUT2D eigenvalue weighted by molar-refractivity contribution is 0.0713. The third-order valence-electron chi connectivity index (χ3n) is 6.10. The number of hydrogen-bond donors (Lipinski definition) is 2. The topological polar surface area (TPSA) is 85.2 Å². The molecule has 4 rings (SSSR count). The lowest BCUT2D eigenvalue weighted by Crippen LogP contribution is -2.38. The molecule has 0 atom stereocenters. The highest BCUT2D eigenvalue weighted by Crippen LogP contribution is 2.32. The summed E-state index contributed by atoms with van der Waals surface area (Å²) >= 11 is 0. The normalized spacial score (nSPS) is 14.6. The van der Waals surface area contributed by atoms with E-state index in [1.165, 1.54) is 11.1 Å². The van der Waals surface area contributed by atoms with Crippen LogP contribution in [0.3, 0.4) is 0 Å². The summed E-state index contributed by atoms with van der Waals surface area (Å²) in [5.74, 6) is 0.695. The lowest BCUT2D eigenvalue weighted by Gasteiger charge is -2.33.